The second kappa shape index (κ2) is 19.2. The minimum Gasteiger partial charge on any atom is -0.381 e. The number of nitrogens with one attached hydrogen (secondary N) is 5. The summed E-state index contributed by atoms with van der Waals surface area (Å²) in [7, 11) is 1.58. The normalized spacial score (nSPS) is 12.8. The van der Waals surface area contributed by atoms with Gasteiger partial charge in [-0.05, 0) is 62.2 Å². The molecule has 1 aliphatic rings. The number of unbranched alkanes of at least 4 members (excludes halogenated alkanes) is 1. The van der Waals surface area contributed by atoms with Crippen LogP contribution in [-0.2, 0) is 9.53 Å². The van der Waals surface area contributed by atoms with Gasteiger partial charge in [0, 0.05) is 77.3 Å². The van der Waals surface area contributed by atoms with Crippen molar-refractivity contribution >= 4 is 58.3 Å². The summed E-state index contributed by atoms with van der Waals surface area (Å²) in [5.74, 6) is 0.193. The van der Waals surface area contributed by atoms with Gasteiger partial charge < -0.3 is 46.9 Å². The molecule has 2 aromatic carbocycles. The van der Waals surface area contributed by atoms with E-state index < -0.39 is 0 Å². The van der Waals surface area contributed by atoms with Crippen molar-refractivity contribution in [2.45, 2.75) is 25.7 Å². The Morgan fingerprint density at radius 2 is 1.67 bits per heavy atom. The number of carbonyl (C=O) groups is 3. The number of primary amides is 1. The molecule has 4 amide bonds. The Labute approximate surface area is 286 Å². The van der Waals surface area contributed by atoms with E-state index in [2.05, 4.69) is 41.5 Å². The van der Waals surface area contributed by atoms with E-state index in [1.165, 1.54) is 6.20 Å². The predicted octanol–water partition coefficient (Wildman–Crippen LogP) is 3.46. The van der Waals surface area contributed by atoms with Crippen LogP contribution in [0.4, 0.5) is 33.6 Å². The molecular weight excluding hydrogens is 636 g/mol. The van der Waals surface area contributed by atoms with Gasteiger partial charge >= 0.3 is 6.03 Å². The first-order valence-electron chi connectivity index (χ1n) is 16.2. The largest absolute Gasteiger partial charge is 0.381 e. The lowest BCUT2D eigenvalue weighted by molar-refractivity contribution is -0.117. The van der Waals surface area contributed by atoms with Crippen molar-refractivity contribution in [1.82, 2.24) is 30.8 Å². The molecule has 1 aromatic heterocycles. The highest BCUT2D eigenvalue weighted by Gasteiger charge is 2.21. The van der Waals surface area contributed by atoms with Crippen molar-refractivity contribution in [2.75, 3.05) is 81.6 Å². The van der Waals surface area contributed by atoms with E-state index in [0.29, 0.717) is 73.9 Å². The number of piperazine rings is 1. The first-order valence-corrected chi connectivity index (χ1v) is 16.5. The van der Waals surface area contributed by atoms with Gasteiger partial charge in [0.2, 0.25) is 11.9 Å². The van der Waals surface area contributed by atoms with Gasteiger partial charge in [0.1, 0.15) is 5.02 Å². The summed E-state index contributed by atoms with van der Waals surface area (Å²) in [6.07, 6.45) is 4.45. The van der Waals surface area contributed by atoms with Crippen LogP contribution in [0.15, 0.2) is 54.7 Å². The maximum Gasteiger partial charge on any atom is 0.317 e. The van der Waals surface area contributed by atoms with Gasteiger partial charge in [0.05, 0.1) is 17.4 Å². The molecule has 1 fully saturated rings. The van der Waals surface area contributed by atoms with Crippen LogP contribution in [0, 0.1) is 0 Å². The van der Waals surface area contributed by atoms with E-state index in [9.17, 15) is 14.4 Å². The Bertz CT molecular complexity index is 1490. The molecule has 0 spiro atoms. The molecule has 0 atom stereocenters. The highest BCUT2D eigenvalue weighted by molar-refractivity contribution is 6.33. The van der Waals surface area contributed by atoms with Crippen LogP contribution < -0.4 is 37.2 Å². The number of ether oxygens (including phenoxy) is 1. The summed E-state index contributed by atoms with van der Waals surface area (Å²) in [5, 5.41) is 15.5. The number of rotatable bonds is 18. The molecule has 0 radical (unpaired) electrons. The molecule has 0 bridgehead atoms. The molecule has 0 saturated carbocycles. The van der Waals surface area contributed by atoms with Gasteiger partial charge in [0.15, 0.2) is 5.82 Å². The summed E-state index contributed by atoms with van der Waals surface area (Å²) in [6.45, 7) is 6.06. The number of benzene rings is 2. The van der Waals surface area contributed by atoms with Gasteiger partial charge in [-0.1, -0.05) is 23.7 Å². The number of carbonyl (C=O) groups excluding carboxylic acids is 3. The lowest BCUT2D eigenvalue weighted by Crippen LogP contribution is -2.52. The number of amides is 4. The lowest BCUT2D eigenvalue weighted by Gasteiger charge is -2.36. The minimum atomic E-state index is -0.300. The number of para-hydroxylation sites is 1. The molecular formula is C33H45ClN10O4. The summed E-state index contributed by atoms with van der Waals surface area (Å²) in [4.78, 5) is 48.5. The average molecular weight is 681 g/mol. The van der Waals surface area contributed by atoms with Crippen LogP contribution in [0.5, 0.6) is 0 Å². The molecule has 15 heteroatoms. The monoisotopic (exact) mass is 680 g/mol. The predicted molar refractivity (Wildman–Crippen MR) is 188 cm³/mol. The fourth-order valence-corrected chi connectivity index (χ4v) is 5.13. The minimum absolute atomic E-state index is 0.0360. The Morgan fingerprint density at radius 3 is 2.42 bits per heavy atom. The fraction of sp³-hybridized carbons (Fsp3) is 0.424. The van der Waals surface area contributed by atoms with Crippen molar-refractivity contribution in [2.24, 2.45) is 5.73 Å². The number of aromatic nitrogens is 2. The average Bonchev–Trinajstić information content (AvgIpc) is 3.10. The van der Waals surface area contributed by atoms with E-state index in [0.717, 1.165) is 50.3 Å². The molecule has 3 aromatic rings. The number of urea groups is 1. The Hall–Kier alpha value is -4.66. The third kappa shape index (κ3) is 11.5. The Morgan fingerprint density at radius 1 is 0.917 bits per heavy atom. The maximum atomic E-state index is 12.6. The molecule has 0 unspecified atom stereocenters. The number of anilines is 5. The fourth-order valence-electron chi connectivity index (χ4n) is 4.99. The smallest absolute Gasteiger partial charge is 0.317 e. The molecule has 48 heavy (non-hydrogen) atoms. The summed E-state index contributed by atoms with van der Waals surface area (Å²) in [6, 6.07) is 15.0. The van der Waals surface area contributed by atoms with Crippen molar-refractivity contribution in [3.8, 4) is 0 Å². The van der Waals surface area contributed by atoms with E-state index in [1.807, 2.05) is 35.2 Å². The third-order valence-corrected chi connectivity index (χ3v) is 7.91. The van der Waals surface area contributed by atoms with Crippen LogP contribution in [0.25, 0.3) is 0 Å². The molecule has 1 saturated heterocycles. The quantitative estimate of drug-likeness (QED) is 0.109. The van der Waals surface area contributed by atoms with Crippen molar-refractivity contribution < 1.29 is 19.1 Å². The van der Waals surface area contributed by atoms with Gasteiger partial charge in [-0.25, -0.2) is 9.78 Å². The van der Waals surface area contributed by atoms with Gasteiger partial charge in [-0.3, -0.25) is 9.59 Å². The SMILES string of the molecule is CNC(=O)c1ccccc1Nc1nc(Nc2ccc(N3CCN(C(=O)NCCCCOCCCNCCC(N)=O)CC3)cc2)ncc1Cl. The third-order valence-electron chi connectivity index (χ3n) is 7.63. The van der Waals surface area contributed by atoms with E-state index in [1.54, 1.807) is 25.2 Å². The number of hydrogen-bond acceptors (Lipinski definition) is 10. The van der Waals surface area contributed by atoms with E-state index >= 15 is 0 Å². The van der Waals surface area contributed by atoms with E-state index in [4.69, 9.17) is 22.1 Å². The van der Waals surface area contributed by atoms with Crippen LogP contribution in [0.3, 0.4) is 0 Å². The van der Waals surface area contributed by atoms with Crippen LogP contribution >= 0.6 is 11.6 Å². The summed E-state index contributed by atoms with van der Waals surface area (Å²) < 4.78 is 5.63. The van der Waals surface area contributed by atoms with Gasteiger partial charge in [0.25, 0.3) is 5.91 Å². The summed E-state index contributed by atoms with van der Waals surface area (Å²) in [5.41, 5.74) is 8.01. The highest BCUT2D eigenvalue weighted by Crippen LogP contribution is 2.27. The number of nitrogens with zero attached hydrogens (tertiary/aromatic N) is 4. The summed E-state index contributed by atoms with van der Waals surface area (Å²) >= 11 is 6.36. The lowest BCUT2D eigenvalue weighted by atomic mass is 10.1. The highest BCUT2D eigenvalue weighted by atomic mass is 35.5. The molecule has 4 rings (SSSR count). The van der Waals surface area contributed by atoms with Gasteiger partial charge in [-0.15, -0.1) is 0 Å². The molecule has 0 aliphatic carbocycles. The first-order chi connectivity index (χ1) is 23.3. The van der Waals surface area contributed by atoms with E-state index in [-0.39, 0.29) is 17.8 Å². The zero-order chi connectivity index (χ0) is 34.1. The van der Waals surface area contributed by atoms with Crippen molar-refractivity contribution in [3.63, 3.8) is 0 Å². The molecule has 1 aliphatic heterocycles. The number of hydrogen-bond donors (Lipinski definition) is 6. The molecule has 14 nitrogen and oxygen atoms in total. The van der Waals surface area contributed by atoms with Crippen LogP contribution in [0.1, 0.15) is 36.0 Å². The van der Waals surface area contributed by atoms with Crippen molar-refractivity contribution in [1.29, 1.82) is 0 Å². The zero-order valence-electron chi connectivity index (χ0n) is 27.3. The second-order valence-electron chi connectivity index (χ2n) is 11.2. The first kappa shape index (κ1) is 36.2. The van der Waals surface area contributed by atoms with Crippen molar-refractivity contribution in [3.05, 3.63) is 65.3 Å². The standard InChI is InChI=1S/C33H45ClN10O4/c1-36-31(46)26-7-2-3-8-28(26)41-30-27(34)23-39-32(42-30)40-24-9-11-25(12-10-24)43-17-19-44(20-18-43)33(47)38-15-4-5-21-48-22-6-14-37-16-13-29(35)45/h2-3,7-12,23,37H,4-6,13-22H2,1H3,(H2,35,45)(H,36,46)(H,38,47)(H2,39,40,41,42). The molecule has 258 valence electrons. The topological polar surface area (TPSA) is 179 Å². The van der Waals surface area contributed by atoms with Crippen LogP contribution in [0.2, 0.25) is 5.02 Å². The van der Waals surface area contributed by atoms with Gasteiger partial charge in [-0.2, -0.15) is 4.98 Å². The second-order valence-corrected chi connectivity index (χ2v) is 11.6. The van der Waals surface area contributed by atoms with Crippen LogP contribution in [-0.4, -0.2) is 98.8 Å². The maximum absolute atomic E-state index is 12.6. The number of nitrogens with two attached hydrogens (primary N) is 1. The molecule has 7 N–H and O–H groups in total. The zero-order valence-corrected chi connectivity index (χ0v) is 28.0. The Balaban J connectivity index is 1.14. The Kier molecular flexibility index (Phi) is 14.5. The molecule has 2 heterocycles. The number of halogens is 1.